The maximum absolute atomic E-state index is 13.5. The van der Waals surface area contributed by atoms with E-state index in [9.17, 15) is 4.39 Å². The van der Waals surface area contributed by atoms with Crippen molar-refractivity contribution in [3.05, 3.63) is 34.8 Å². The molecule has 0 bridgehead atoms. The molecule has 0 amide bonds. The van der Waals surface area contributed by atoms with Crippen molar-refractivity contribution in [3.63, 3.8) is 0 Å². The van der Waals surface area contributed by atoms with E-state index < -0.39 is 0 Å². The Kier molecular flexibility index (Phi) is 3.94. The highest BCUT2D eigenvalue weighted by Gasteiger charge is 2.12. The number of nitrogens with two attached hydrogens (primary N) is 1. The van der Waals surface area contributed by atoms with E-state index in [2.05, 4.69) is 4.98 Å². The van der Waals surface area contributed by atoms with E-state index in [1.165, 1.54) is 6.07 Å². The van der Waals surface area contributed by atoms with Gasteiger partial charge < -0.3 is 10.7 Å². The number of fused-ring (bicyclic) bond motifs is 1. The molecule has 0 unspecified atom stereocenters. The Balaban J connectivity index is 0.00000128. The largest absolute Gasteiger partial charge is 0.356 e. The molecular formula is C12H16ClFN2. The number of nitrogens with one attached hydrogen (secondary N) is 1. The Hall–Kier alpha value is -1.06. The lowest BCUT2D eigenvalue weighted by Crippen LogP contribution is -2.03. The van der Waals surface area contributed by atoms with Gasteiger partial charge in [-0.2, -0.15) is 0 Å². The summed E-state index contributed by atoms with van der Waals surface area (Å²) < 4.78 is 13.5. The Morgan fingerprint density at radius 3 is 2.62 bits per heavy atom. The zero-order valence-electron chi connectivity index (χ0n) is 9.43. The molecule has 0 aliphatic heterocycles. The maximum Gasteiger partial charge on any atom is 0.147 e. The average molecular weight is 243 g/mol. The number of aromatic nitrogens is 1. The molecule has 0 aliphatic carbocycles. The maximum atomic E-state index is 13.5. The zero-order valence-corrected chi connectivity index (χ0v) is 10.2. The fraction of sp³-hybridized carbons (Fsp3) is 0.333. The van der Waals surface area contributed by atoms with Gasteiger partial charge in [0.15, 0.2) is 0 Å². The lowest BCUT2D eigenvalue weighted by molar-refractivity contribution is 0.637. The van der Waals surface area contributed by atoms with Crippen molar-refractivity contribution < 1.29 is 4.39 Å². The van der Waals surface area contributed by atoms with E-state index in [-0.39, 0.29) is 18.2 Å². The highest BCUT2D eigenvalue weighted by atomic mass is 35.5. The molecule has 88 valence electrons. The van der Waals surface area contributed by atoms with Crippen LogP contribution < -0.4 is 5.73 Å². The van der Waals surface area contributed by atoms with Crippen molar-refractivity contribution in [2.45, 2.75) is 20.3 Å². The summed E-state index contributed by atoms with van der Waals surface area (Å²) in [6.45, 7) is 4.54. The van der Waals surface area contributed by atoms with Gasteiger partial charge in [-0.3, -0.25) is 0 Å². The van der Waals surface area contributed by atoms with Gasteiger partial charge in [-0.1, -0.05) is 6.07 Å². The third-order valence-electron chi connectivity index (χ3n) is 2.82. The molecular weight excluding hydrogens is 227 g/mol. The molecule has 0 radical (unpaired) electrons. The summed E-state index contributed by atoms with van der Waals surface area (Å²) in [6, 6.07) is 3.31. The van der Waals surface area contributed by atoms with Gasteiger partial charge in [0, 0.05) is 11.1 Å². The van der Waals surface area contributed by atoms with E-state index in [4.69, 9.17) is 5.73 Å². The van der Waals surface area contributed by atoms with E-state index in [1.807, 2.05) is 19.9 Å². The Bertz CT molecular complexity index is 505. The molecule has 2 aromatic rings. The van der Waals surface area contributed by atoms with E-state index in [0.29, 0.717) is 12.1 Å². The summed E-state index contributed by atoms with van der Waals surface area (Å²) in [5.41, 5.74) is 9.42. The van der Waals surface area contributed by atoms with Gasteiger partial charge in [-0.15, -0.1) is 12.4 Å². The van der Waals surface area contributed by atoms with E-state index >= 15 is 0 Å². The van der Waals surface area contributed by atoms with Crippen molar-refractivity contribution in [2.24, 2.45) is 5.73 Å². The van der Waals surface area contributed by atoms with Crippen LogP contribution in [0, 0.1) is 19.7 Å². The second-order valence-corrected chi connectivity index (χ2v) is 3.88. The molecule has 0 spiro atoms. The molecule has 0 saturated heterocycles. The van der Waals surface area contributed by atoms with Crippen LogP contribution >= 0.6 is 12.4 Å². The first-order chi connectivity index (χ1) is 7.15. The fourth-order valence-electron chi connectivity index (χ4n) is 2.10. The van der Waals surface area contributed by atoms with Crippen LogP contribution in [0.5, 0.6) is 0 Å². The molecule has 16 heavy (non-hydrogen) atoms. The Morgan fingerprint density at radius 1 is 1.31 bits per heavy atom. The SMILES string of the molecule is Cc1[nH]c2c(F)ccc(C)c2c1CCN.Cl. The lowest BCUT2D eigenvalue weighted by Gasteiger charge is -2.01. The summed E-state index contributed by atoms with van der Waals surface area (Å²) in [5, 5.41) is 0.998. The van der Waals surface area contributed by atoms with E-state index in [1.54, 1.807) is 0 Å². The minimum atomic E-state index is -0.193. The Labute approximate surface area is 100 Å². The monoisotopic (exact) mass is 242 g/mol. The van der Waals surface area contributed by atoms with Crippen LogP contribution in [0.3, 0.4) is 0 Å². The number of halogens is 2. The van der Waals surface area contributed by atoms with Gasteiger partial charge in [0.05, 0.1) is 5.52 Å². The number of H-pyrrole nitrogens is 1. The predicted octanol–water partition coefficient (Wildman–Crippen LogP) is 2.85. The Morgan fingerprint density at radius 2 is 2.00 bits per heavy atom. The van der Waals surface area contributed by atoms with Crippen LogP contribution in [0.1, 0.15) is 16.8 Å². The first-order valence-corrected chi connectivity index (χ1v) is 5.11. The fourth-order valence-corrected chi connectivity index (χ4v) is 2.10. The van der Waals surface area contributed by atoms with Crippen LogP contribution in [-0.4, -0.2) is 11.5 Å². The van der Waals surface area contributed by atoms with Crippen LogP contribution in [0.25, 0.3) is 10.9 Å². The predicted molar refractivity (Wildman–Crippen MR) is 67.7 cm³/mol. The molecule has 1 aromatic heterocycles. The van der Waals surface area contributed by atoms with Gasteiger partial charge in [0.1, 0.15) is 5.82 Å². The molecule has 4 heteroatoms. The number of rotatable bonds is 2. The van der Waals surface area contributed by atoms with Crippen molar-refractivity contribution in [1.82, 2.24) is 4.98 Å². The summed E-state index contributed by atoms with van der Waals surface area (Å²) >= 11 is 0. The number of aromatic amines is 1. The molecule has 2 rings (SSSR count). The van der Waals surface area contributed by atoms with Gasteiger partial charge in [0.2, 0.25) is 0 Å². The molecule has 0 aliphatic rings. The van der Waals surface area contributed by atoms with Crippen LogP contribution in [0.15, 0.2) is 12.1 Å². The summed E-state index contributed by atoms with van der Waals surface area (Å²) in [7, 11) is 0. The molecule has 3 N–H and O–H groups in total. The number of benzene rings is 1. The summed E-state index contributed by atoms with van der Waals surface area (Å²) in [4.78, 5) is 3.09. The van der Waals surface area contributed by atoms with Crippen molar-refractivity contribution in [3.8, 4) is 0 Å². The highest BCUT2D eigenvalue weighted by Crippen LogP contribution is 2.27. The third-order valence-corrected chi connectivity index (χ3v) is 2.82. The lowest BCUT2D eigenvalue weighted by atomic mass is 10.0. The minimum absolute atomic E-state index is 0. The second-order valence-electron chi connectivity index (χ2n) is 3.88. The standard InChI is InChI=1S/C12H15FN2.ClH/c1-7-3-4-10(13)12-11(7)9(5-6-14)8(2)15-12;/h3-4,15H,5-6,14H2,1-2H3;1H. The average Bonchev–Trinajstić information content (AvgIpc) is 2.53. The second kappa shape index (κ2) is 4.85. The molecule has 0 fully saturated rings. The van der Waals surface area contributed by atoms with Crippen molar-refractivity contribution in [2.75, 3.05) is 6.54 Å². The first-order valence-electron chi connectivity index (χ1n) is 5.11. The minimum Gasteiger partial charge on any atom is -0.356 e. The summed E-state index contributed by atoms with van der Waals surface area (Å²) in [5.74, 6) is -0.193. The summed E-state index contributed by atoms with van der Waals surface area (Å²) in [6.07, 6.45) is 0.788. The number of hydrogen-bond donors (Lipinski definition) is 2. The molecule has 1 aromatic carbocycles. The molecule has 2 nitrogen and oxygen atoms in total. The molecule has 1 heterocycles. The number of hydrogen-bond acceptors (Lipinski definition) is 1. The smallest absolute Gasteiger partial charge is 0.147 e. The quantitative estimate of drug-likeness (QED) is 0.836. The van der Waals surface area contributed by atoms with Gasteiger partial charge in [-0.05, 0) is 44.0 Å². The zero-order chi connectivity index (χ0) is 11.0. The highest BCUT2D eigenvalue weighted by molar-refractivity contribution is 5.88. The van der Waals surface area contributed by atoms with Crippen LogP contribution in [0.4, 0.5) is 4.39 Å². The molecule has 0 atom stereocenters. The van der Waals surface area contributed by atoms with E-state index in [0.717, 1.165) is 28.6 Å². The number of aryl methyl sites for hydroxylation is 2. The first kappa shape index (κ1) is 13.0. The van der Waals surface area contributed by atoms with Crippen molar-refractivity contribution >= 4 is 23.3 Å². The van der Waals surface area contributed by atoms with Gasteiger partial charge in [0.25, 0.3) is 0 Å². The van der Waals surface area contributed by atoms with Gasteiger partial charge in [-0.25, -0.2) is 4.39 Å². The van der Waals surface area contributed by atoms with Crippen molar-refractivity contribution in [1.29, 1.82) is 0 Å². The van der Waals surface area contributed by atoms with Gasteiger partial charge >= 0.3 is 0 Å². The van der Waals surface area contributed by atoms with Crippen LogP contribution in [0.2, 0.25) is 0 Å². The van der Waals surface area contributed by atoms with Crippen LogP contribution in [-0.2, 0) is 6.42 Å². The topological polar surface area (TPSA) is 41.8 Å². The molecule has 0 saturated carbocycles. The normalized spacial score (nSPS) is 10.5. The third kappa shape index (κ3) is 1.93.